The summed E-state index contributed by atoms with van der Waals surface area (Å²) in [4.78, 5) is 14.2. The van der Waals surface area contributed by atoms with E-state index in [2.05, 4.69) is 48.3 Å². The Bertz CT molecular complexity index is 478. The van der Waals surface area contributed by atoms with Gasteiger partial charge in [0.2, 0.25) is 5.91 Å². The van der Waals surface area contributed by atoms with Crippen LogP contribution >= 0.6 is 0 Å². The van der Waals surface area contributed by atoms with Crippen LogP contribution in [0.5, 0.6) is 0 Å². The number of rotatable bonds is 5. The minimum absolute atomic E-state index is 0.0576. The monoisotopic (exact) mass is 272 g/mol. The lowest BCUT2D eigenvalue weighted by Gasteiger charge is -2.31. The number of hydrogen-bond donors (Lipinski definition) is 1. The Morgan fingerprint density at radius 1 is 1.30 bits per heavy atom. The van der Waals surface area contributed by atoms with Crippen LogP contribution in [0.3, 0.4) is 0 Å². The first kappa shape index (κ1) is 13.6. The van der Waals surface area contributed by atoms with Gasteiger partial charge in [0.15, 0.2) is 0 Å². The summed E-state index contributed by atoms with van der Waals surface area (Å²) in [5.74, 6) is 1.09. The van der Waals surface area contributed by atoms with Gasteiger partial charge in [-0.2, -0.15) is 0 Å². The van der Waals surface area contributed by atoms with Crippen molar-refractivity contribution in [1.82, 2.24) is 10.2 Å². The van der Waals surface area contributed by atoms with Crippen molar-refractivity contribution in [2.75, 3.05) is 6.54 Å². The van der Waals surface area contributed by atoms with Crippen molar-refractivity contribution < 1.29 is 4.79 Å². The fourth-order valence-electron chi connectivity index (χ4n) is 3.18. The summed E-state index contributed by atoms with van der Waals surface area (Å²) >= 11 is 0. The van der Waals surface area contributed by atoms with Crippen LogP contribution in [0, 0.1) is 5.92 Å². The molecular weight excluding hydrogens is 248 g/mol. The van der Waals surface area contributed by atoms with Crippen LogP contribution in [0.15, 0.2) is 24.3 Å². The predicted molar refractivity (Wildman–Crippen MR) is 80.2 cm³/mol. The summed E-state index contributed by atoms with van der Waals surface area (Å²) in [6, 6.07) is 8.99. The molecule has 2 unspecified atom stereocenters. The highest BCUT2D eigenvalue weighted by Crippen LogP contribution is 2.36. The largest absolute Gasteiger partial charge is 0.319 e. The summed E-state index contributed by atoms with van der Waals surface area (Å²) in [5.41, 5.74) is 2.55. The van der Waals surface area contributed by atoms with E-state index < -0.39 is 0 Å². The van der Waals surface area contributed by atoms with Crippen LogP contribution < -0.4 is 5.32 Å². The van der Waals surface area contributed by atoms with E-state index >= 15 is 0 Å². The molecule has 3 heteroatoms. The highest BCUT2D eigenvalue weighted by molar-refractivity contribution is 5.81. The third kappa shape index (κ3) is 2.73. The second-order valence-corrected chi connectivity index (χ2v) is 6.21. The van der Waals surface area contributed by atoms with Crippen molar-refractivity contribution in [2.45, 2.75) is 51.7 Å². The number of nitrogens with zero attached hydrogens (tertiary/aromatic N) is 1. The van der Waals surface area contributed by atoms with Gasteiger partial charge in [0.1, 0.15) is 6.17 Å². The van der Waals surface area contributed by atoms with Gasteiger partial charge in [-0.1, -0.05) is 44.0 Å². The summed E-state index contributed by atoms with van der Waals surface area (Å²) in [6.07, 6.45) is 4.95. The Kier molecular flexibility index (Phi) is 3.79. The molecule has 0 aromatic heterocycles. The van der Waals surface area contributed by atoms with Crippen molar-refractivity contribution >= 4 is 5.91 Å². The molecule has 1 N–H and O–H groups in total. The number of carbonyl (C=O) groups excluding carboxylic acids is 1. The molecule has 1 aliphatic heterocycles. The van der Waals surface area contributed by atoms with E-state index in [0.717, 1.165) is 18.8 Å². The summed E-state index contributed by atoms with van der Waals surface area (Å²) in [7, 11) is 0. The molecule has 0 spiro atoms. The molecule has 2 atom stereocenters. The number of aryl methyl sites for hydroxylation is 1. The molecule has 2 fully saturated rings. The molecule has 0 bridgehead atoms. The Morgan fingerprint density at radius 2 is 2.00 bits per heavy atom. The zero-order chi connectivity index (χ0) is 14.1. The van der Waals surface area contributed by atoms with Gasteiger partial charge < -0.3 is 4.90 Å². The summed E-state index contributed by atoms with van der Waals surface area (Å²) < 4.78 is 0. The zero-order valence-electron chi connectivity index (χ0n) is 12.4. The third-order valence-electron chi connectivity index (χ3n) is 4.56. The number of hydrogen-bond acceptors (Lipinski definition) is 2. The average Bonchev–Trinajstić information content (AvgIpc) is 3.19. The molecular formula is C17H24N2O. The standard InChI is InChI=1S/C17H24N2O/c1-3-13-6-8-15(9-7-13)17-18-11-16(20)19(17)12(2)10-14-4-5-14/h6-9,12,14,17-18H,3-5,10-11H2,1-2H3. The summed E-state index contributed by atoms with van der Waals surface area (Å²) in [6.45, 7) is 4.82. The van der Waals surface area contributed by atoms with Gasteiger partial charge >= 0.3 is 0 Å². The van der Waals surface area contributed by atoms with Gasteiger partial charge in [0.05, 0.1) is 6.54 Å². The van der Waals surface area contributed by atoms with Crippen molar-refractivity contribution in [3.05, 3.63) is 35.4 Å². The third-order valence-corrected chi connectivity index (χ3v) is 4.56. The van der Waals surface area contributed by atoms with E-state index in [1.54, 1.807) is 0 Å². The molecule has 1 saturated heterocycles. The lowest BCUT2D eigenvalue weighted by molar-refractivity contribution is -0.130. The predicted octanol–water partition coefficient (Wildman–Crippen LogP) is 2.87. The molecule has 20 heavy (non-hydrogen) atoms. The van der Waals surface area contributed by atoms with Crippen LogP contribution in [0.4, 0.5) is 0 Å². The molecule has 1 amide bonds. The van der Waals surface area contributed by atoms with E-state index in [-0.39, 0.29) is 12.1 Å². The number of nitrogens with one attached hydrogen (secondary N) is 1. The van der Waals surface area contributed by atoms with Crippen molar-refractivity contribution in [2.24, 2.45) is 5.92 Å². The van der Waals surface area contributed by atoms with Gasteiger partial charge in [-0.25, -0.2) is 0 Å². The van der Waals surface area contributed by atoms with Crippen LogP contribution in [0.1, 0.15) is 50.4 Å². The fraction of sp³-hybridized carbons (Fsp3) is 0.588. The highest BCUT2D eigenvalue weighted by atomic mass is 16.2. The molecule has 108 valence electrons. The highest BCUT2D eigenvalue weighted by Gasteiger charge is 2.37. The smallest absolute Gasteiger partial charge is 0.238 e. The number of carbonyl (C=O) groups is 1. The van der Waals surface area contributed by atoms with Gasteiger partial charge in [-0.05, 0) is 36.8 Å². The Balaban J connectivity index is 1.76. The Hall–Kier alpha value is -1.35. The van der Waals surface area contributed by atoms with Crippen molar-refractivity contribution in [3.8, 4) is 0 Å². The van der Waals surface area contributed by atoms with Crippen molar-refractivity contribution in [3.63, 3.8) is 0 Å². The summed E-state index contributed by atoms with van der Waals surface area (Å²) in [5, 5.41) is 3.36. The van der Waals surface area contributed by atoms with Gasteiger partial charge in [-0.15, -0.1) is 0 Å². The van der Waals surface area contributed by atoms with Crippen molar-refractivity contribution in [1.29, 1.82) is 0 Å². The van der Waals surface area contributed by atoms with E-state index in [0.29, 0.717) is 12.6 Å². The molecule has 1 heterocycles. The van der Waals surface area contributed by atoms with E-state index in [4.69, 9.17) is 0 Å². The SMILES string of the molecule is CCc1ccc(C2NCC(=O)N2C(C)CC2CC2)cc1. The van der Waals surface area contributed by atoms with Gasteiger partial charge in [-0.3, -0.25) is 10.1 Å². The molecule has 2 aliphatic rings. The second-order valence-electron chi connectivity index (χ2n) is 6.21. The molecule has 3 rings (SSSR count). The molecule has 1 aromatic rings. The normalized spacial score (nSPS) is 24.2. The molecule has 1 aromatic carbocycles. The van der Waals surface area contributed by atoms with Crippen LogP contribution in [-0.4, -0.2) is 23.4 Å². The number of amides is 1. The zero-order valence-corrected chi connectivity index (χ0v) is 12.4. The first-order valence-electron chi connectivity index (χ1n) is 7.82. The Labute approximate surface area is 121 Å². The van der Waals surface area contributed by atoms with Crippen LogP contribution in [-0.2, 0) is 11.2 Å². The minimum atomic E-state index is 0.0576. The molecule has 0 radical (unpaired) electrons. The van der Waals surface area contributed by atoms with E-state index in [9.17, 15) is 4.79 Å². The molecule has 1 aliphatic carbocycles. The van der Waals surface area contributed by atoms with Crippen LogP contribution in [0.2, 0.25) is 0 Å². The maximum atomic E-state index is 12.2. The quantitative estimate of drug-likeness (QED) is 0.894. The van der Waals surface area contributed by atoms with Crippen LogP contribution in [0.25, 0.3) is 0 Å². The maximum absolute atomic E-state index is 12.2. The average molecular weight is 272 g/mol. The fourth-order valence-corrected chi connectivity index (χ4v) is 3.18. The minimum Gasteiger partial charge on any atom is -0.319 e. The maximum Gasteiger partial charge on any atom is 0.238 e. The number of benzene rings is 1. The second kappa shape index (κ2) is 5.57. The first-order chi connectivity index (χ1) is 9.69. The molecule has 3 nitrogen and oxygen atoms in total. The van der Waals surface area contributed by atoms with E-state index in [1.807, 2.05) is 0 Å². The lowest BCUT2D eigenvalue weighted by Crippen LogP contribution is -2.38. The van der Waals surface area contributed by atoms with E-state index in [1.165, 1.54) is 24.0 Å². The first-order valence-corrected chi connectivity index (χ1v) is 7.82. The van der Waals surface area contributed by atoms with Gasteiger partial charge in [0, 0.05) is 6.04 Å². The lowest BCUT2D eigenvalue weighted by atomic mass is 10.1. The molecule has 1 saturated carbocycles. The topological polar surface area (TPSA) is 32.3 Å². The Morgan fingerprint density at radius 3 is 2.60 bits per heavy atom. The van der Waals surface area contributed by atoms with Gasteiger partial charge in [0.25, 0.3) is 0 Å².